The van der Waals surface area contributed by atoms with Gasteiger partial charge in [0.15, 0.2) is 5.69 Å². The minimum Gasteiger partial charge on any atom is -0.380 e. The molecule has 2 amide bonds. The normalized spacial score (nSPS) is 25.3. The average molecular weight is 378 g/mol. The second kappa shape index (κ2) is 7.24. The maximum absolute atomic E-state index is 13.1. The van der Waals surface area contributed by atoms with Crippen LogP contribution in [0, 0.1) is 18.3 Å². The molecule has 0 N–H and O–H groups in total. The van der Waals surface area contributed by atoms with Gasteiger partial charge in [-0.2, -0.15) is 0 Å². The first-order valence-corrected chi connectivity index (χ1v) is 9.40. The molecule has 0 bridgehead atoms. The van der Waals surface area contributed by atoms with Crippen LogP contribution >= 0.6 is 0 Å². The van der Waals surface area contributed by atoms with Gasteiger partial charge in [0, 0.05) is 59.3 Å². The Bertz CT molecular complexity index is 729. The van der Waals surface area contributed by atoms with Crippen molar-refractivity contribution in [3.63, 3.8) is 0 Å². The predicted molar refractivity (Wildman–Crippen MR) is 99.2 cm³/mol. The molecule has 3 rings (SSSR count). The number of ether oxygens (including phenoxy) is 1. The number of aromatic nitrogens is 1. The van der Waals surface area contributed by atoms with Crippen LogP contribution in [0.2, 0.25) is 0 Å². The highest BCUT2D eigenvalue weighted by Gasteiger charge is 2.59. The molecule has 0 saturated carbocycles. The zero-order chi connectivity index (χ0) is 19.9. The fraction of sp³-hybridized carbons (Fsp3) is 0.737. The lowest BCUT2D eigenvalue weighted by molar-refractivity contribution is -0.139. The highest BCUT2D eigenvalue weighted by molar-refractivity contribution is 5.95. The predicted octanol–water partition coefficient (Wildman–Crippen LogP) is 1.00. The number of carbonyl (C=O) groups excluding carboxylic acids is 2. The van der Waals surface area contributed by atoms with Crippen LogP contribution in [0.1, 0.15) is 35.7 Å². The summed E-state index contributed by atoms with van der Waals surface area (Å²) in [7, 11) is 5.15. The second-order valence-corrected chi connectivity index (χ2v) is 8.26. The van der Waals surface area contributed by atoms with Crippen LogP contribution in [0.4, 0.5) is 0 Å². The molecular formula is C19H30N4O4. The fourth-order valence-electron chi connectivity index (χ4n) is 4.42. The number of amides is 2. The first kappa shape index (κ1) is 19.8. The molecule has 0 spiro atoms. The van der Waals surface area contributed by atoms with E-state index in [2.05, 4.69) is 23.9 Å². The Kier molecular flexibility index (Phi) is 5.31. The van der Waals surface area contributed by atoms with Gasteiger partial charge in [-0.25, -0.2) is 0 Å². The smallest absolute Gasteiger partial charge is 0.276 e. The van der Waals surface area contributed by atoms with Crippen molar-refractivity contribution < 1.29 is 18.8 Å². The third kappa shape index (κ3) is 3.25. The molecule has 150 valence electrons. The summed E-state index contributed by atoms with van der Waals surface area (Å²) in [4.78, 5) is 32.0. The standard InChI is InChI=1S/C19H30N4O4/c1-12(2)22-7-14-8-23(11-19(14,10-22)18(25)21(4)5)17(24)16-15(9-26-6)13(3)27-20-16/h12,14H,7-11H2,1-6H3/t14-,19-/m0/s1. The SMILES string of the molecule is COCc1c(C(=O)N2C[C@@H]3CN(C(C)C)C[C@]3(C(=O)N(C)C)C2)noc1C. The Balaban J connectivity index is 1.87. The van der Waals surface area contributed by atoms with E-state index in [-0.39, 0.29) is 24.3 Å². The molecule has 2 saturated heterocycles. The number of methoxy groups -OCH3 is 1. The first-order chi connectivity index (χ1) is 12.7. The molecule has 2 aliphatic rings. The van der Waals surface area contributed by atoms with Crippen molar-refractivity contribution in [1.82, 2.24) is 19.9 Å². The van der Waals surface area contributed by atoms with Crippen molar-refractivity contribution in [1.29, 1.82) is 0 Å². The van der Waals surface area contributed by atoms with Crippen molar-refractivity contribution in [3.8, 4) is 0 Å². The Morgan fingerprint density at radius 1 is 1.33 bits per heavy atom. The molecule has 1 aromatic heterocycles. The maximum atomic E-state index is 13.1. The molecular weight excluding hydrogens is 348 g/mol. The summed E-state index contributed by atoms with van der Waals surface area (Å²) in [6.07, 6.45) is 0. The molecule has 2 fully saturated rings. The third-order valence-corrected chi connectivity index (χ3v) is 5.96. The molecule has 0 unspecified atom stereocenters. The number of fused-ring (bicyclic) bond motifs is 1. The number of hydrogen-bond acceptors (Lipinski definition) is 6. The monoisotopic (exact) mass is 378 g/mol. The van der Waals surface area contributed by atoms with Gasteiger partial charge in [-0.1, -0.05) is 5.16 Å². The number of rotatable bonds is 5. The Morgan fingerprint density at radius 2 is 2.04 bits per heavy atom. The minimum atomic E-state index is -0.552. The molecule has 0 aromatic carbocycles. The zero-order valence-corrected chi connectivity index (χ0v) is 17.1. The summed E-state index contributed by atoms with van der Waals surface area (Å²) in [5.41, 5.74) is 0.419. The Hall–Kier alpha value is -1.93. The first-order valence-electron chi connectivity index (χ1n) is 9.40. The van der Waals surface area contributed by atoms with Crippen LogP contribution in [0.3, 0.4) is 0 Å². The Labute approximate surface area is 160 Å². The summed E-state index contributed by atoms with van der Waals surface area (Å²) in [5.74, 6) is 0.622. The van der Waals surface area contributed by atoms with E-state index in [9.17, 15) is 9.59 Å². The lowest BCUT2D eigenvalue weighted by Gasteiger charge is -2.31. The largest absolute Gasteiger partial charge is 0.380 e. The number of hydrogen-bond donors (Lipinski definition) is 0. The summed E-state index contributed by atoms with van der Waals surface area (Å²) in [5, 5.41) is 3.97. The van der Waals surface area contributed by atoms with Crippen molar-refractivity contribution in [2.45, 2.75) is 33.4 Å². The molecule has 27 heavy (non-hydrogen) atoms. The second-order valence-electron chi connectivity index (χ2n) is 8.26. The summed E-state index contributed by atoms with van der Waals surface area (Å²) in [6.45, 7) is 8.81. The van der Waals surface area contributed by atoms with E-state index in [1.165, 1.54) is 0 Å². The van der Waals surface area contributed by atoms with Gasteiger partial charge in [-0.3, -0.25) is 14.5 Å². The van der Waals surface area contributed by atoms with Gasteiger partial charge < -0.3 is 19.1 Å². The average Bonchev–Trinajstić information content (AvgIpc) is 3.25. The lowest BCUT2D eigenvalue weighted by atomic mass is 9.79. The highest BCUT2D eigenvalue weighted by atomic mass is 16.5. The van der Waals surface area contributed by atoms with Gasteiger partial charge in [0.05, 0.1) is 17.6 Å². The van der Waals surface area contributed by atoms with Gasteiger partial charge in [0.25, 0.3) is 5.91 Å². The van der Waals surface area contributed by atoms with Crippen molar-refractivity contribution in [2.24, 2.45) is 11.3 Å². The molecule has 2 aliphatic heterocycles. The fourth-order valence-corrected chi connectivity index (χ4v) is 4.42. The molecule has 1 aromatic rings. The quantitative estimate of drug-likeness (QED) is 0.761. The van der Waals surface area contributed by atoms with Gasteiger partial charge >= 0.3 is 0 Å². The molecule has 8 heteroatoms. The van der Waals surface area contributed by atoms with Gasteiger partial charge in [0.1, 0.15) is 5.76 Å². The van der Waals surface area contributed by atoms with Crippen LogP contribution in [0.15, 0.2) is 4.52 Å². The summed E-state index contributed by atoms with van der Waals surface area (Å²) in [6, 6.07) is 0.373. The van der Waals surface area contributed by atoms with Crippen LogP contribution in [-0.2, 0) is 16.1 Å². The van der Waals surface area contributed by atoms with E-state index < -0.39 is 5.41 Å². The van der Waals surface area contributed by atoms with Crippen LogP contribution in [-0.4, -0.2) is 85.1 Å². The number of likely N-dealkylation sites (tertiary alicyclic amines) is 2. The van der Waals surface area contributed by atoms with E-state index >= 15 is 0 Å². The molecule has 0 radical (unpaired) electrons. The highest BCUT2D eigenvalue weighted by Crippen LogP contribution is 2.44. The number of nitrogens with zero attached hydrogens (tertiary/aromatic N) is 4. The molecule has 8 nitrogen and oxygen atoms in total. The summed E-state index contributed by atoms with van der Waals surface area (Å²) < 4.78 is 10.4. The van der Waals surface area contributed by atoms with Crippen molar-refractivity contribution >= 4 is 11.8 Å². The van der Waals surface area contributed by atoms with Crippen molar-refractivity contribution in [2.75, 3.05) is 47.4 Å². The van der Waals surface area contributed by atoms with Crippen LogP contribution < -0.4 is 0 Å². The van der Waals surface area contributed by atoms with Crippen LogP contribution in [0.25, 0.3) is 0 Å². The Morgan fingerprint density at radius 3 is 2.63 bits per heavy atom. The lowest BCUT2D eigenvalue weighted by Crippen LogP contribution is -2.48. The van der Waals surface area contributed by atoms with E-state index in [1.807, 2.05) is 0 Å². The van der Waals surface area contributed by atoms with Gasteiger partial charge in [-0.15, -0.1) is 0 Å². The summed E-state index contributed by atoms with van der Waals surface area (Å²) >= 11 is 0. The van der Waals surface area contributed by atoms with E-state index in [0.29, 0.717) is 42.7 Å². The molecule has 3 heterocycles. The topological polar surface area (TPSA) is 79.1 Å². The van der Waals surface area contributed by atoms with E-state index in [0.717, 1.165) is 6.54 Å². The van der Waals surface area contributed by atoms with E-state index in [4.69, 9.17) is 9.26 Å². The van der Waals surface area contributed by atoms with Crippen LogP contribution in [0.5, 0.6) is 0 Å². The minimum absolute atomic E-state index is 0.0967. The number of carbonyl (C=O) groups is 2. The molecule has 2 atom stereocenters. The van der Waals surface area contributed by atoms with Crippen molar-refractivity contribution in [3.05, 3.63) is 17.0 Å². The van der Waals surface area contributed by atoms with Gasteiger partial charge in [0.2, 0.25) is 5.91 Å². The third-order valence-electron chi connectivity index (χ3n) is 5.96. The zero-order valence-electron chi connectivity index (χ0n) is 17.1. The maximum Gasteiger partial charge on any atom is 0.276 e. The van der Waals surface area contributed by atoms with E-state index in [1.54, 1.807) is 37.9 Å². The molecule has 0 aliphatic carbocycles. The number of aryl methyl sites for hydroxylation is 1. The van der Waals surface area contributed by atoms with Gasteiger partial charge in [-0.05, 0) is 20.8 Å².